The van der Waals surface area contributed by atoms with Crippen LogP contribution in [0.15, 0.2) is 24.3 Å². The average Bonchev–Trinajstić information content (AvgIpc) is 2.42. The third-order valence-corrected chi connectivity index (χ3v) is 2.42. The molecule has 0 saturated carbocycles. The lowest BCUT2D eigenvalue weighted by molar-refractivity contribution is -0.143. The van der Waals surface area contributed by atoms with Gasteiger partial charge in [0.05, 0.1) is 13.2 Å². The van der Waals surface area contributed by atoms with Crippen LogP contribution in [0, 0.1) is 17.1 Å². The number of nitrogens with one attached hydrogen (secondary N) is 1. The molecule has 0 heterocycles. The number of carbonyl (C=O) groups is 2. The van der Waals surface area contributed by atoms with Crippen molar-refractivity contribution in [2.75, 3.05) is 7.11 Å². The number of esters is 1. The highest BCUT2D eigenvalue weighted by Crippen LogP contribution is 2.06. The fourth-order valence-corrected chi connectivity index (χ4v) is 1.47. The Morgan fingerprint density at radius 2 is 2.26 bits per heavy atom. The second-order valence-electron chi connectivity index (χ2n) is 3.76. The highest BCUT2D eigenvalue weighted by Gasteiger charge is 2.21. The highest BCUT2D eigenvalue weighted by molar-refractivity contribution is 5.96. The molecule has 1 N–H and O–H groups in total. The summed E-state index contributed by atoms with van der Waals surface area (Å²) in [6.07, 6.45) is 0.243. The van der Waals surface area contributed by atoms with Crippen molar-refractivity contribution in [3.63, 3.8) is 0 Å². The lowest BCUT2D eigenvalue weighted by atomic mass is 10.1. The Hall–Kier alpha value is -2.42. The highest BCUT2D eigenvalue weighted by atomic mass is 19.1. The summed E-state index contributed by atoms with van der Waals surface area (Å²) in [6.45, 7) is 0. The number of carbonyl (C=O) groups excluding carboxylic acids is 2. The molecular weight excluding hydrogens is 251 g/mol. The smallest absolute Gasteiger partial charge is 0.328 e. The zero-order valence-electron chi connectivity index (χ0n) is 10.4. The number of hydrogen-bond donors (Lipinski definition) is 1. The van der Waals surface area contributed by atoms with E-state index in [4.69, 9.17) is 5.26 Å². The maximum atomic E-state index is 13.0. The molecule has 0 unspecified atom stereocenters. The van der Waals surface area contributed by atoms with E-state index in [0.717, 1.165) is 6.07 Å². The van der Waals surface area contributed by atoms with Gasteiger partial charge in [0, 0.05) is 12.0 Å². The second-order valence-corrected chi connectivity index (χ2v) is 3.76. The normalized spacial score (nSPS) is 11.2. The quantitative estimate of drug-likeness (QED) is 0.815. The van der Waals surface area contributed by atoms with Gasteiger partial charge in [-0.3, -0.25) is 4.79 Å². The Morgan fingerprint density at radius 1 is 1.53 bits per heavy atom. The third kappa shape index (κ3) is 4.39. The number of amides is 1. The molecule has 1 atom stereocenters. The standard InChI is InChI=1S/C13H13FN2O3/c1-19-13(18)11(6-3-7-15)16-12(17)9-4-2-5-10(14)8-9/h2,4-5,8,11H,3,6H2,1H3,(H,16,17)/t11-/m1/s1. The van der Waals surface area contributed by atoms with Crippen molar-refractivity contribution in [3.8, 4) is 6.07 Å². The Morgan fingerprint density at radius 3 is 2.84 bits per heavy atom. The molecule has 0 saturated heterocycles. The van der Waals surface area contributed by atoms with Crippen molar-refractivity contribution in [1.29, 1.82) is 5.26 Å². The second kappa shape index (κ2) is 7.11. The summed E-state index contributed by atoms with van der Waals surface area (Å²) >= 11 is 0. The molecule has 0 aliphatic heterocycles. The SMILES string of the molecule is COC(=O)[C@@H](CCC#N)NC(=O)c1cccc(F)c1. The number of nitrogens with zero attached hydrogens (tertiary/aromatic N) is 1. The fraction of sp³-hybridized carbons (Fsp3) is 0.308. The molecule has 0 aromatic heterocycles. The maximum absolute atomic E-state index is 13.0. The predicted molar refractivity (Wildman–Crippen MR) is 64.5 cm³/mol. The van der Waals surface area contributed by atoms with Crippen LogP contribution in [0.4, 0.5) is 4.39 Å². The van der Waals surface area contributed by atoms with Gasteiger partial charge in [0.2, 0.25) is 0 Å². The van der Waals surface area contributed by atoms with Crippen molar-refractivity contribution < 1.29 is 18.7 Å². The molecule has 100 valence electrons. The summed E-state index contributed by atoms with van der Waals surface area (Å²) in [5.41, 5.74) is 0.103. The summed E-state index contributed by atoms with van der Waals surface area (Å²) in [7, 11) is 1.19. The minimum absolute atomic E-state index is 0.100. The first-order valence-corrected chi connectivity index (χ1v) is 5.59. The summed E-state index contributed by atoms with van der Waals surface area (Å²) < 4.78 is 17.5. The Bertz CT molecular complexity index is 511. The van der Waals surface area contributed by atoms with E-state index in [2.05, 4.69) is 10.1 Å². The largest absolute Gasteiger partial charge is 0.467 e. The molecule has 0 spiro atoms. The summed E-state index contributed by atoms with van der Waals surface area (Å²) in [4.78, 5) is 23.3. The minimum atomic E-state index is -0.916. The van der Waals surface area contributed by atoms with Crippen LogP contribution in [0.5, 0.6) is 0 Å². The number of nitriles is 1. The van der Waals surface area contributed by atoms with Gasteiger partial charge in [0.15, 0.2) is 0 Å². The van der Waals surface area contributed by atoms with Gasteiger partial charge in [-0.1, -0.05) is 6.07 Å². The van der Waals surface area contributed by atoms with E-state index in [1.54, 1.807) is 0 Å². The van der Waals surface area contributed by atoms with E-state index in [0.29, 0.717) is 0 Å². The van der Waals surface area contributed by atoms with Crippen LogP contribution in [-0.2, 0) is 9.53 Å². The molecule has 0 radical (unpaired) electrons. The molecule has 1 aromatic carbocycles. The van der Waals surface area contributed by atoms with Crippen molar-refractivity contribution in [2.45, 2.75) is 18.9 Å². The van der Waals surface area contributed by atoms with Crippen LogP contribution in [-0.4, -0.2) is 25.0 Å². The minimum Gasteiger partial charge on any atom is -0.467 e. The van der Waals surface area contributed by atoms with Gasteiger partial charge in [-0.15, -0.1) is 0 Å². The molecule has 0 fully saturated rings. The van der Waals surface area contributed by atoms with Gasteiger partial charge >= 0.3 is 5.97 Å². The summed E-state index contributed by atoms with van der Waals surface area (Å²) in [6, 6.07) is 6.06. The van der Waals surface area contributed by atoms with Crippen molar-refractivity contribution in [3.05, 3.63) is 35.6 Å². The Balaban J connectivity index is 2.76. The maximum Gasteiger partial charge on any atom is 0.328 e. The van der Waals surface area contributed by atoms with Gasteiger partial charge in [-0.2, -0.15) is 5.26 Å². The molecule has 19 heavy (non-hydrogen) atoms. The number of hydrogen-bond acceptors (Lipinski definition) is 4. The number of rotatable bonds is 5. The van der Waals surface area contributed by atoms with Crippen LogP contribution >= 0.6 is 0 Å². The van der Waals surface area contributed by atoms with Crippen LogP contribution in [0.1, 0.15) is 23.2 Å². The molecule has 1 aromatic rings. The van der Waals surface area contributed by atoms with Crippen LogP contribution in [0.25, 0.3) is 0 Å². The molecule has 0 bridgehead atoms. The Kier molecular flexibility index (Phi) is 5.48. The zero-order valence-corrected chi connectivity index (χ0v) is 10.4. The first-order valence-electron chi connectivity index (χ1n) is 5.59. The molecule has 1 rings (SSSR count). The van der Waals surface area contributed by atoms with Gasteiger partial charge in [0.1, 0.15) is 11.9 Å². The third-order valence-electron chi connectivity index (χ3n) is 2.42. The topological polar surface area (TPSA) is 79.2 Å². The lowest BCUT2D eigenvalue weighted by Gasteiger charge is -2.15. The lowest BCUT2D eigenvalue weighted by Crippen LogP contribution is -2.41. The average molecular weight is 264 g/mol. The molecule has 6 heteroatoms. The van der Waals surface area contributed by atoms with E-state index in [9.17, 15) is 14.0 Å². The number of halogens is 1. The summed E-state index contributed by atoms with van der Waals surface area (Å²) in [5.74, 6) is -1.77. The van der Waals surface area contributed by atoms with Crippen LogP contribution < -0.4 is 5.32 Å². The van der Waals surface area contributed by atoms with E-state index in [1.807, 2.05) is 6.07 Å². The first-order chi connectivity index (χ1) is 9.08. The number of methoxy groups -OCH3 is 1. The zero-order chi connectivity index (χ0) is 14.3. The fourth-order valence-electron chi connectivity index (χ4n) is 1.47. The molecular formula is C13H13FN2O3. The molecule has 1 amide bonds. The summed E-state index contributed by atoms with van der Waals surface area (Å²) in [5, 5.41) is 10.9. The first kappa shape index (κ1) is 14.6. The number of ether oxygens (including phenoxy) is 1. The van der Waals surface area contributed by atoms with E-state index >= 15 is 0 Å². The van der Waals surface area contributed by atoms with Gasteiger partial charge in [-0.25, -0.2) is 9.18 Å². The van der Waals surface area contributed by atoms with Crippen molar-refractivity contribution in [1.82, 2.24) is 5.32 Å². The molecule has 0 aliphatic carbocycles. The monoisotopic (exact) mass is 264 g/mol. The van der Waals surface area contributed by atoms with Gasteiger partial charge < -0.3 is 10.1 Å². The van der Waals surface area contributed by atoms with Crippen molar-refractivity contribution in [2.24, 2.45) is 0 Å². The number of benzene rings is 1. The molecule has 0 aliphatic rings. The van der Waals surface area contributed by atoms with E-state index in [-0.39, 0.29) is 18.4 Å². The van der Waals surface area contributed by atoms with Crippen LogP contribution in [0.2, 0.25) is 0 Å². The van der Waals surface area contributed by atoms with Crippen LogP contribution in [0.3, 0.4) is 0 Å². The predicted octanol–water partition coefficient (Wildman–Crippen LogP) is 1.40. The van der Waals surface area contributed by atoms with Gasteiger partial charge in [-0.05, 0) is 24.6 Å². The van der Waals surface area contributed by atoms with Crippen molar-refractivity contribution >= 4 is 11.9 Å². The van der Waals surface area contributed by atoms with Gasteiger partial charge in [0.25, 0.3) is 5.91 Å². The van der Waals surface area contributed by atoms with E-state index < -0.39 is 23.7 Å². The molecule has 5 nitrogen and oxygen atoms in total. The van der Waals surface area contributed by atoms with E-state index in [1.165, 1.54) is 25.3 Å². The Labute approximate surface area is 110 Å².